The van der Waals surface area contributed by atoms with Crippen molar-refractivity contribution in [1.82, 2.24) is 19.6 Å². The molecule has 0 aliphatic carbocycles. The first-order valence-electron chi connectivity index (χ1n) is 7.55. The van der Waals surface area contributed by atoms with Crippen LogP contribution in [0.1, 0.15) is 17.0 Å². The maximum absolute atomic E-state index is 9.26. The highest BCUT2D eigenvalue weighted by Crippen LogP contribution is 2.26. The van der Waals surface area contributed by atoms with Crippen LogP contribution in [0, 0.1) is 13.8 Å². The largest absolute Gasteiger partial charge is 0.394 e. The number of nitrogens with zero attached hydrogens (tertiary/aromatic N) is 4. The summed E-state index contributed by atoms with van der Waals surface area (Å²) in [4.78, 5) is 1.12. The van der Waals surface area contributed by atoms with E-state index in [-0.39, 0.29) is 6.61 Å². The number of rotatable bonds is 6. The standard InChI is InChI=1S/C16H21N5OS/c1-11-13(12(2)20(3)18-11)10-17-16-9-14(15-5-4-8-23-15)19-21(16)6-7-22/h4-5,8-9,17,22H,6-7,10H2,1-3H3. The zero-order valence-electron chi connectivity index (χ0n) is 13.6. The van der Waals surface area contributed by atoms with Crippen molar-refractivity contribution >= 4 is 17.2 Å². The summed E-state index contributed by atoms with van der Waals surface area (Å²) in [5, 5.41) is 23.8. The van der Waals surface area contributed by atoms with Gasteiger partial charge in [0, 0.05) is 30.9 Å². The van der Waals surface area contributed by atoms with Crippen LogP contribution in [0.25, 0.3) is 10.6 Å². The molecule has 0 radical (unpaired) electrons. The molecule has 0 amide bonds. The van der Waals surface area contributed by atoms with E-state index in [1.807, 2.05) is 40.8 Å². The average Bonchev–Trinajstić information content (AvgIpc) is 3.21. The Kier molecular flexibility index (Phi) is 4.49. The molecule has 6 nitrogen and oxygen atoms in total. The Morgan fingerprint density at radius 3 is 2.74 bits per heavy atom. The van der Waals surface area contributed by atoms with E-state index in [1.165, 1.54) is 5.56 Å². The number of aliphatic hydroxyl groups excluding tert-OH is 1. The van der Waals surface area contributed by atoms with Crippen LogP contribution >= 0.6 is 11.3 Å². The quantitative estimate of drug-likeness (QED) is 0.728. The summed E-state index contributed by atoms with van der Waals surface area (Å²) in [6.45, 7) is 5.31. The Balaban J connectivity index is 1.84. The van der Waals surface area contributed by atoms with Crippen molar-refractivity contribution in [2.24, 2.45) is 7.05 Å². The maximum atomic E-state index is 9.26. The Morgan fingerprint density at radius 1 is 1.30 bits per heavy atom. The van der Waals surface area contributed by atoms with Gasteiger partial charge in [-0.05, 0) is 25.3 Å². The topological polar surface area (TPSA) is 67.9 Å². The van der Waals surface area contributed by atoms with Crippen molar-refractivity contribution in [3.8, 4) is 10.6 Å². The maximum Gasteiger partial charge on any atom is 0.125 e. The van der Waals surface area contributed by atoms with E-state index in [1.54, 1.807) is 11.3 Å². The number of anilines is 1. The van der Waals surface area contributed by atoms with Crippen LogP contribution in [0.5, 0.6) is 0 Å². The Bertz CT molecular complexity index is 788. The number of thiophene rings is 1. The van der Waals surface area contributed by atoms with Gasteiger partial charge in [0.1, 0.15) is 11.5 Å². The molecule has 0 fully saturated rings. The molecule has 3 rings (SSSR count). The first kappa shape index (κ1) is 15.8. The zero-order valence-corrected chi connectivity index (χ0v) is 14.4. The van der Waals surface area contributed by atoms with Crippen LogP contribution in [0.2, 0.25) is 0 Å². The highest BCUT2D eigenvalue weighted by molar-refractivity contribution is 7.13. The van der Waals surface area contributed by atoms with Crippen LogP contribution in [-0.4, -0.2) is 31.3 Å². The fraction of sp³-hybridized carbons (Fsp3) is 0.375. The van der Waals surface area contributed by atoms with Crippen LogP contribution in [0.15, 0.2) is 23.6 Å². The lowest BCUT2D eigenvalue weighted by Gasteiger charge is -2.09. The highest BCUT2D eigenvalue weighted by atomic mass is 32.1. The number of nitrogens with one attached hydrogen (secondary N) is 1. The van der Waals surface area contributed by atoms with E-state index in [0.29, 0.717) is 13.1 Å². The summed E-state index contributed by atoms with van der Waals surface area (Å²) in [6.07, 6.45) is 0. The molecule has 3 aromatic rings. The molecule has 23 heavy (non-hydrogen) atoms. The van der Waals surface area contributed by atoms with Crippen molar-refractivity contribution in [2.75, 3.05) is 11.9 Å². The lowest BCUT2D eigenvalue weighted by Crippen LogP contribution is -2.11. The molecule has 0 atom stereocenters. The third-order valence-corrected chi connectivity index (χ3v) is 4.86. The molecular weight excluding hydrogens is 310 g/mol. The molecule has 0 aliphatic heterocycles. The molecule has 3 heterocycles. The normalized spacial score (nSPS) is 11.1. The number of hydrogen-bond donors (Lipinski definition) is 2. The van der Waals surface area contributed by atoms with Gasteiger partial charge in [-0.3, -0.25) is 4.68 Å². The predicted molar refractivity (Wildman–Crippen MR) is 92.6 cm³/mol. The molecule has 0 aromatic carbocycles. The van der Waals surface area contributed by atoms with Gasteiger partial charge in [0.25, 0.3) is 0 Å². The Labute approximate surface area is 139 Å². The number of hydrogen-bond acceptors (Lipinski definition) is 5. The van der Waals surface area contributed by atoms with Gasteiger partial charge in [-0.15, -0.1) is 11.3 Å². The van der Waals surface area contributed by atoms with Crippen molar-refractivity contribution in [1.29, 1.82) is 0 Å². The number of aryl methyl sites for hydroxylation is 2. The molecule has 0 saturated heterocycles. The second kappa shape index (κ2) is 6.55. The van der Waals surface area contributed by atoms with Gasteiger partial charge in [0.2, 0.25) is 0 Å². The summed E-state index contributed by atoms with van der Waals surface area (Å²) in [5.74, 6) is 0.908. The smallest absolute Gasteiger partial charge is 0.125 e. The lowest BCUT2D eigenvalue weighted by molar-refractivity contribution is 0.270. The van der Waals surface area contributed by atoms with Crippen molar-refractivity contribution < 1.29 is 5.11 Å². The second-order valence-corrected chi connectivity index (χ2v) is 6.41. The van der Waals surface area contributed by atoms with Gasteiger partial charge in [-0.1, -0.05) is 6.07 Å². The molecule has 0 bridgehead atoms. The van der Waals surface area contributed by atoms with E-state index < -0.39 is 0 Å². The number of aromatic nitrogens is 4. The van der Waals surface area contributed by atoms with E-state index >= 15 is 0 Å². The minimum Gasteiger partial charge on any atom is -0.394 e. The van der Waals surface area contributed by atoms with E-state index in [4.69, 9.17) is 0 Å². The summed E-state index contributed by atoms with van der Waals surface area (Å²) >= 11 is 1.66. The van der Waals surface area contributed by atoms with Gasteiger partial charge in [-0.2, -0.15) is 10.2 Å². The van der Waals surface area contributed by atoms with Crippen LogP contribution < -0.4 is 5.32 Å². The molecular formula is C16H21N5OS. The second-order valence-electron chi connectivity index (χ2n) is 5.47. The van der Waals surface area contributed by atoms with Gasteiger partial charge >= 0.3 is 0 Å². The van der Waals surface area contributed by atoms with Gasteiger partial charge in [0.15, 0.2) is 0 Å². The van der Waals surface area contributed by atoms with Gasteiger partial charge < -0.3 is 10.4 Å². The fourth-order valence-corrected chi connectivity index (χ4v) is 3.30. The molecule has 0 unspecified atom stereocenters. The van der Waals surface area contributed by atoms with E-state index in [2.05, 4.69) is 28.5 Å². The fourth-order valence-electron chi connectivity index (χ4n) is 2.62. The summed E-state index contributed by atoms with van der Waals surface area (Å²) in [6, 6.07) is 6.10. The number of aliphatic hydroxyl groups is 1. The predicted octanol–water partition coefficient (Wildman–Crippen LogP) is 2.57. The molecule has 7 heteroatoms. The van der Waals surface area contributed by atoms with Gasteiger partial charge in [-0.25, -0.2) is 4.68 Å². The minimum atomic E-state index is 0.0607. The highest BCUT2D eigenvalue weighted by Gasteiger charge is 2.13. The van der Waals surface area contributed by atoms with Crippen molar-refractivity contribution in [3.63, 3.8) is 0 Å². The first-order valence-corrected chi connectivity index (χ1v) is 8.43. The first-order chi connectivity index (χ1) is 11.1. The molecule has 0 aliphatic rings. The van der Waals surface area contributed by atoms with Crippen LogP contribution in [-0.2, 0) is 20.1 Å². The molecule has 122 valence electrons. The summed E-state index contributed by atoms with van der Waals surface area (Å²) < 4.78 is 3.71. The summed E-state index contributed by atoms with van der Waals surface area (Å²) in [7, 11) is 1.96. The van der Waals surface area contributed by atoms with E-state index in [9.17, 15) is 5.11 Å². The zero-order chi connectivity index (χ0) is 16.4. The van der Waals surface area contributed by atoms with Crippen molar-refractivity contribution in [2.45, 2.75) is 26.9 Å². The molecule has 0 spiro atoms. The average molecular weight is 331 g/mol. The molecule has 2 N–H and O–H groups in total. The van der Waals surface area contributed by atoms with Crippen LogP contribution in [0.4, 0.5) is 5.82 Å². The van der Waals surface area contributed by atoms with Crippen LogP contribution in [0.3, 0.4) is 0 Å². The Morgan fingerprint density at radius 2 is 2.13 bits per heavy atom. The van der Waals surface area contributed by atoms with Crippen molar-refractivity contribution in [3.05, 3.63) is 40.5 Å². The minimum absolute atomic E-state index is 0.0607. The third-order valence-electron chi connectivity index (χ3n) is 3.97. The SMILES string of the molecule is Cc1nn(C)c(C)c1CNc1cc(-c2cccs2)nn1CCO. The third kappa shape index (κ3) is 3.16. The Hall–Kier alpha value is -2.12. The molecule has 0 saturated carbocycles. The lowest BCUT2D eigenvalue weighted by atomic mass is 10.2. The van der Waals surface area contributed by atoms with Gasteiger partial charge in [0.05, 0.1) is 23.7 Å². The van der Waals surface area contributed by atoms with E-state index in [0.717, 1.165) is 27.8 Å². The monoisotopic (exact) mass is 331 g/mol. The molecule has 3 aromatic heterocycles. The summed E-state index contributed by atoms with van der Waals surface area (Å²) in [5.41, 5.74) is 4.31.